The van der Waals surface area contributed by atoms with Crippen LogP contribution in [0.25, 0.3) is 0 Å². The van der Waals surface area contributed by atoms with Gasteiger partial charge in [0.25, 0.3) is 15.9 Å². The lowest BCUT2D eigenvalue weighted by atomic mass is 10.1. The fourth-order valence-corrected chi connectivity index (χ4v) is 4.18. The van der Waals surface area contributed by atoms with E-state index < -0.39 is 21.7 Å². The van der Waals surface area contributed by atoms with Gasteiger partial charge >= 0.3 is 0 Å². The smallest absolute Gasteiger partial charge is 0.261 e. The SMILES string of the molecule is CCCCc1ccc(NS(=O)(=O)c2ccc(NC(=O)c3cccc(Cl)c3)c(F)c2)cc1. The summed E-state index contributed by atoms with van der Waals surface area (Å²) in [6, 6.07) is 16.6. The van der Waals surface area contributed by atoms with Gasteiger partial charge < -0.3 is 5.32 Å². The minimum absolute atomic E-state index is 0.135. The molecule has 0 aliphatic heterocycles. The summed E-state index contributed by atoms with van der Waals surface area (Å²) in [4.78, 5) is 12.0. The molecule has 162 valence electrons. The van der Waals surface area contributed by atoms with Crippen molar-refractivity contribution in [2.75, 3.05) is 10.0 Å². The average molecular weight is 461 g/mol. The lowest BCUT2D eigenvalue weighted by molar-refractivity contribution is 0.102. The normalized spacial score (nSPS) is 11.2. The van der Waals surface area contributed by atoms with E-state index in [1.54, 1.807) is 24.3 Å². The number of hydrogen-bond donors (Lipinski definition) is 2. The van der Waals surface area contributed by atoms with Crippen LogP contribution >= 0.6 is 11.6 Å². The second kappa shape index (κ2) is 9.94. The Balaban J connectivity index is 1.72. The predicted molar refractivity (Wildman–Crippen MR) is 122 cm³/mol. The summed E-state index contributed by atoms with van der Waals surface area (Å²) >= 11 is 5.86. The van der Waals surface area contributed by atoms with Crippen molar-refractivity contribution >= 4 is 38.9 Å². The fraction of sp³-hybridized carbons (Fsp3) is 0.174. The van der Waals surface area contributed by atoms with Gasteiger partial charge in [0.2, 0.25) is 0 Å². The molecule has 2 N–H and O–H groups in total. The highest BCUT2D eigenvalue weighted by molar-refractivity contribution is 7.92. The van der Waals surface area contributed by atoms with E-state index in [4.69, 9.17) is 11.6 Å². The summed E-state index contributed by atoms with van der Waals surface area (Å²) in [6.45, 7) is 2.11. The van der Waals surface area contributed by atoms with Gasteiger partial charge in [-0.2, -0.15) is 0 Å². The van der Waals surface area contributed by atoms with E-state index >= 15 is 0 Å². The van der Waals surface area contributed by atoms with Gasteiger partial charge in [0, 0.05) is 16.3 Å². The Kier molecular flexibility index (Phi) is 7.30. The molecule has 1 amide bonds. The van der Waals surface area contributed by atoms with Crippen LogP contribution in [0.5, 0.6) is 0 Å². The lowest BCUT2D eigenvalue weighted by Crippen LogP contribution is -2.15. The number of hydrogen-bond acceptors (Lipinski definition) is 3. The third kappa shape index (κ3) is 6.06. The minimum Gasteiger partial charge on any atom is -0.319 e. The second-order valence-corrected chi connectivity index (χ2v) is 9.13. The van der Waals surface area contributed by atoms with E-state index in [-0.39, 0.29) is 16.1 Å². The molecule has 0 atom stereocenters. The molecule has 8 heteroatoms. The molecule has 5 nitrogen and oxygen atoms in total. The number of unbranched alkanes of at least 4 members (excludes halogenated alkanes) is 1. The molecule has 0 aromatic heterocycles. The Morgan fingerprint density at radius 2 is 1.77 bits per heavy atom. The molecule has 0 unspecified atom stereocenters. The first kappa shape index (κ1) is 22.8. The average Bonchev–Trinajstić information content (AvgIpc) is 2.74. The zero-order valence-corrected chi connectivity index (χ0v) is 18.4. The van der Waals surface area contributed by atoms with Crippen LogP contribution in [0.2, 0.25) is 5.02 Å². The molecular weight excluding hydrogens is 439 g/mol. The van der Waals surface area contributed by atoms with E-state index in [1.807, 2.05) is 12.1 Å². The summed E-state index contributed by atoms with van der Waals surface area (Å²) in [6.07, 6.45) is 3.07. The molecular formula is C23H22ClFN2O3S. The van der Waals surface area contributed by atoms with E-state index in [9.17, 15) is 17.6 Å². The van der Waals surface area contributed by atoms with Gasteiger partial charge in [-0.1, -0.05) is 43.1 Å². The summed E-state index contributed by atoms with van der Waals surface area (Å²) in [5.74, 6) is -1.42. The highest BCUT2D eigenvalue weighted by Gasteiger charge is 2.18. The molecule has 0 fully saturated rings. The van der Waals surface area contributed by atoms with Crippen LogP contribution in [0.15, 0.2) is 71.6 Å². The number of anilines is 2. The van der Waals surface area contributed by atoms with Crippen LogP contribution in [-0.4, -0.2) is 14.3 Å². The number of nitrogens with one attached hydrogen (secondary N) is 2. The Morgan fingerprint density at radius 1 is 1.03 bits per heavy atom. The van der Waals surface area contributed by atoms with Crippen LogP contribution in [0.3, 0.4) is 0 Å². The predicted octanol–water partition coefficient (Wildman–Crippen LogP) is 5.87. The summed E-state index contributed by atoms with van der Waals surface area (Å²) in [7, 11) is -3.99. The largest absolute Gasteiger partial charge is 0.319 e. The first-order valence-electron chi connectivity index (χ1n) is 9.77. The maximum atomic E-state index is 14.5. The first-order chi connectivity index (χ1) is 14.8. The van der Waals surface area contributed by atoms with Gasteiger partial charge in [0.1, 0.15) is 5.82 Å². The fourth-order valence-electron chi connectivity index (χ4n) is 2.92. The quantitative estimate of drug-likeness (QED) is 0.441. The Bertz CT molecular complexity index is 1180. The number of amides is 1. The molecule has 3 aromatic carbocycles. The van der Waals surface area contributed by atoms with E-state index in [1.165, 1.54) is 24.3 Å². The molecule has 0 radical (unpaired) electrons. The Labute approximate surface area is 186 Å². The molecule has 0 heterocycles. The summed E-state index contributed by atoms with van der Waals surface area (Å²) < 4.78 is 42.2. The number of carbonyl (C=O) groups is 1. The van der Waals surface area contributed by atoms with Crippen LogP contribution in [0, 0.1) is 5.82 Å². The highest BCUT2D eigenvalue weighted by Crippen LogP contribution is 2.23. The van der Waals surface area contributed by atoms with Gasteiger partial charge in [0.05, 0.1) is 10.6 Å². The zero-order valence-electron chi connectivity index (χ0n) is 16.9. The van der Waals surface area contributed by atoms with Gasteiger partial charge in [0.15, 0.2) is 0 Å². The van der Waals surface area contributed by atoms with E-state index in [0.717, 1.165) is 30.9 Å². The lowest BCUT2D eigenvalue weighted by Gasteiger charge is -2.11. The van der Waals surface area contributed by atoms with Gasteiger partial charge in [-0.3, -0.25) is 9.52 Å². The highest BCUT2D eigenvalue weighted by atomic mass is 35.5. The molecule has 31 heavy (non-hydrogen) atoms. The van der Waals surface area contributed by atoms with Crippen molar-refractivity contribution in [2.24, 2.45) is 0 Å². The minimum atomic E-state index is -3.99. The first-order valence-corrected chi connectivity index (χ1v) is 11.6. The van der Waals surface area contributed by atoms with E-state index in [0.29, 0.717) is 10.7 Å². The van der Waals surface area contributed by atoms with Crippen LogP contribution < -0.4 is 10.0 Å². The van der Waals surface area contributed by atoms with E-state index in [2.05, 4.69) is 17.0 Å². The number of halogens is 2. The number of aryl methyl sites for hydroxylation is 1. The molecule has 0 aliphatic rings. The molecule has 3 aromatic rings. The number of carbonyl (C=O) groups excluding carboxylic acids is 1. The molecule has 3 rings (SSSR count). The molecule has 0 bridgehead atoms. The molecule has 0 saturated carbocycles. The van der Waals surface area contributed by atoms with Crippen LogP contribution in [-0.2, 0) is 16.4 Å². The van der Waals surface area contributed by atoms with Crippen LogP contribution in [0.4, 0.5) is 15.8 Å². The zero-order chi connectivity index (χ0) is 22.4. The topological polar surface area (TPSA) is 75.3 Å². The summed E-state index contributed by atoms with van der Waals surface area (Å²) in [5, 5.41) is 2.79. The van der Waals surface area contributed by atoms with Crippen molar-refractivity contribution in [3.8, 4) is 0 Å². The number of sulfonamides is 1. The standard InChI is InChI=1S/C23H22ClFN2O3S/c1-2-3-5-16-8-10-19(11-9-16)27-31(29,30)20-12-13-22(21(25)15-20)26-23(28)17-6-4-7-18(24)14-17/h4,6-15,27H,2-3,5H2,1H3,(H,26,28). The van der Waals surface area contributed by atoms with Gasteiger partial charge in [-0.25, -0.2) is 12.8 Å². The second-order valence-electron chi connectivity index (χ2n) is 7.01. The Morgan fingerprint density at radius 3 is 2.42 bits per heavy atom. The number of rotatable bonds is 8. The Hall–Kier alpha value is -2.90. The molecule has 0 saturated heterocycles. The maximum absolute atomic E-state index is 14.5. The third-order valence-corrected chi connectivity index (χ3v) is 6.23. The third-order valence-electron chi connectivity index (χ3n) is 4.61. The van der Waals surface area contributed by atoms with Gasteiger partial charge in [-0.05, 0) is 66.9 Å². The van der Waals surface area contributed by atoms with Crippen molar-refractivity contribution in [3.05, 3.63) is 88.7 Å². The van der Waals surface area contributed by atoms with Gasteiger partial charge in [-0.15, -0.1) is 0 Å². The van der Waals surface area contributed by atoms with Crippen molar-refractivity contribution in [3.63, 3.8) is 0 Å². The van der Waals surface area contributed by atoms with Crippen LogP contribution in [0.1, 0.15) is 35.7 Å². The van der Waals surface area contributed by atoms with Crippen molar-refractivity contribution in [1.82, 2.24) is 0 Å². The summed E-state index contributed by atoms with van der Waals surface area (Å²) in [5.41, 5.74) is 1.63. The van der Waals surface area contributed by atoms with Crippen molar-refractivity contribution < 1.29 is 17.6 Å². The monoisotopic (exact) mass is 460 g/mol. The maximum Gasteiger partial charge on any atom is 0.261 e. The van der Waals surface area contributed by atoms with Crippen molar-refractivity contribution in [1.29, 1.82) is 0 Å². The number of benzene rings is 3. The van der Waals surface area contributed by atoms with Crippen molar-refractivity contribution in [2.45, 2.75) is 31.1 Å². The molecule has 0 aliphatic carbocycles. The molecule has 0 spiro atoms.